The van der Waals surface area contributed by atoms with Crippen LogP contribution in [0.4, 0.5) is 8.78 Å². The maximum Gasteiger partial charge on any atom is 0.328 e. The largest absolute Gasteiger partial charge is 0.478 e. The maximum atomic E-state index is 17.2. The van der Waals surface area contributed by atoms with Crippen LogP contribution in [0.1, 0.15) is 82.5 Å². The predicted octanol–water partition coefficient (Wildman–Crippen LogP) is 9.73. The molecule has 2 heterocycles. The minimum absolute atomic E-state index is 0. The number of rotatable bonds is 13. The van der Waals surface area contributed by atoms with E-state index in [1.807, 2.05) is 12.3 Å². The number of nitrogens with zero attached hydrogens (tertiary/aromatic N) is 3. The van der Waals surface area contributed by atoms with Crippen molar-refractivity contribution >= 4 is 70.1 Å². The first-order valence-corrected chi connectivity index (χ1v) is 26.0. The fraction of sp³-hybridized carbons (Fsp3) is 0.441. The lowest BCUT2D eigenvalue weighted by Crippen LogP contribution is -2.71. The second-order valence-corrected chi connectivity index (χ2v) is 20.8. The van der Waals surface area contributed by atoms with E-state index in [4.69, 9.17) is 26.6 Å². The molecule has 0 saturated heterocycles. The first kappa shape index (κ1) is 60.7. The van der Waals surface area contributed by atoms with E-state index >= 15 is 8.78 Å². The quantitative estimate of drug-likeness (QED) is 0.0563. The van der Waals surface area contributed by atoms with Crippen LogP contribution in [0.3, 0.4) is 0 Å². The van der Waals surface area contributed by atoms with Crippen LogP contribution in [-0.2, 0) is 35.1 Å². The SMILES string of the molecule is CCC(=O)O[C@]1(C(=O)CCl)[C@@H](C)C[C@H]2[C@@H]3C[C@H](F)C4=CC(=O)C=CC4(C)[C@@]3(F)[C@@H](O)C[C@@]21C.CN(C)CCC(c1ccccc1)c1ccccn1.Cl.O=C(O)/C=C\C(=O)O.c1ccc2c(CC3=NCCN3)cccc2c1. The topological polar surface area (TPSA) is 196 Å². The summed E-state index contributed by atoms with van der Waals surface area (Å²) in [6.07, 6.45) is 5.59. The number of aliphatic carboxylic acids is 2. The number of hydrogen-bond acceptors (Lipinski definition) is 11. The number of fused-ring (bicyclic) bond motifs is 6. The molecule has 408 valence electrons. The number of carboxylic acid groups (broad SMARTS) is 2. The van der Waals surface area contributed by atoms with Crippen molar-refractivity contribution in [3.8, 4) is 0 Å². The van der Waals surface area contributed by atoms with Gasteiger partial charge >= 0.3 is 17.9 Å². The zero-order valence-corrected chi connectivity index (χ0v) is 45.4. The number of esters is 1. The molecule has 3 aromatic carbocycles. The van der Waals surface area contributed by atoms with Gasteiger partial charge in [-0.2, -0.15) is 0 Å². The van der Waals surface area contributed by atoms with E-state index in [9.17, 15) is 29.1 Å². The molecule has 0 spiro atoms. The lowest BCUT2D eigenvalue weighted by Gasteiger charge is -2.63. The number of pyridine rings is 1. The van der Waals surface area contributed by atoms with Crippen molar-refractivity contribution in [1.82, 2.24) is 15.2 Å². The number of ketones is 2. The number of carbonyl (C=O) groups is 5. The van der Waals surface area contributed by atoms with Crippen LogP contribution < -0.4 is 5.32 Å². The molecule has 4 aromatic rings. The summed E-state index contributed by atoms with van der Waals surface area (Å²) in [7, 11) is 4.22. The standard InChI is InChI=1S/C25H31ClF2O5.C16H20N2.C14H14N2.C4H4O4.ClH/c1-5-21(32)33-25(20(31)12-26)13(2)8-15-16-10-18(27)17-9-14(29)6-7-22(17,3)24(16,28)19(30)11-23(15,25)4;1-18(2)13-11-15(14-8-4-3-5-9-14)16-10-6-7-12-17-16;1-2-7-13-11(4-1)5-3-6-12(13)10-14-15-8-9-16-14;5-3(6)1-2-4(7)8;/h6-7,9,13,15-16,18-19,30H,5,8,10-12H2,1-4H3;3-10,12,15H,11,13H2,1-2H3;1-7H,8-10H2,(H,15,16);1-2H,(H,5,6)(H,7,8);1H/b;;;2-1-;/t13-,15-,16-,18-,19-,22?,23-,24-,25-;;;;/m0..../s1. The number of allylic oxidation sites excluding steroid dienone is 4. The minimum Gasteiger partial charge on any atom is -0.478 e. The van der Waals surface area contributed by atoms with Gasteiger partial charge in [-0.05, 0) is 111 Å². The van der Waals surface area contributed by atoms with Gasteiger partial charge < -0.3 is 30.3 Å². The first-order valence-electron chi connectivity index (χ1n) is 25.4. The predicted molar refractivity (Wildman–Crippen MR) is 293 cm³/mol. The van der Waals surface area contributed by atoms with Crippen molar-refractivity contribution < 1.29 is 52.8 Å². The Labute approximate surface area is 455 Å². The normalized spacial score (nSPS) is 28.1. The van der Waals surface area contributed by atoms with Crippen molar-refractivity contribution in [3.63, 3.8) is 0 Å². The smallest absolute Gasteiger partial charge is 0.328 e. The summed E-state index contributed by atoms with van der Waals surface area (Å²) in [4.78, 5) is 67.9. The van der Waals surface area contributed by atoms with Gasteiger partial charge in [-0.1, -0.05) is 106 Å². The van der Waals surface area contributed by atoms with E-state index in [2.05, 4.69) is 119 Å². The van der Waals surface area contributed by atoms with Crippen LogP contribution in [0.2, 0.25) is 0 Å². The zero-order valence-electron chi connectivity index (χ0n) is 43.8. The summed E-state index contributed by atoms with van der Waals surface area (Å²) < 4.78 is 38.5. The number of hydrogen-bond donors (Lipinski definition) is 4. The Balaban J connectivity index is 0.000000209. The van der Waals surface area contributed by atoms with Crippen molar-refractivity contribution in [2.24, 2.45) is 33.6 Å². The molecule has 13 nitrogen and oxygen atoms in total. The molecule has 17 heteroatoms. The van der Waals surface area contributed by atoms with Gasteiger partial charge in [0.1, 0.15) is 12.0 Å². The van der Waals surface area contributed by atoms with Gasteiger partial charge in [-0.15, -0.1) is 24.0 Å². The fourth-order valence-electron chi connectivity index (χ4n) is 12.2. The summed E-state index contributed by atoms with van der Waals surface area (Å²) in [5.41, 5.74) is -2.62. The molecule has 4 N–H and O–H groups in total. The molecule has 0 amide bonds. The lowest BCUT2D eigenvalue weighted by molar-refractivity contribution is -0.230. The Hall–Kier alpha value is -6.13. The molecule has 1 aromatic heterocycles. The molecule has 3 fully saturated rings. The molecule has 76 heavy (non-hydrogen) atoms. The minimum atomic E-state index is -2.25. The van der Waals surface area contributed by atoms with Gasteiger partial charge in [0.15, 0.2) is 22.8 Å². The van der Waals surface area contributed by atoms with Gasteiger partial charge in [0.2, 0.25) is 0 Å². The molecule has 4 aliphatic carbocycles. The molecule has 10 atom stereocenters. The Kier molecular flexibility index (Phi) is 21.0. The highest BCUT2D eigenvalue weighted by molar-refractivity contribution is 6.29. The van der Waals surface area contributed by atoms with Crippen molar-refractivity contribution in [3.05, 3.63) is 150 Å². The van der Waals surface area contributed by atoms with E-state index in [0.29, 0.717) is 24.5 Å². The summed E-state index contributed by atoms with van der Waals surface area (Å²) in [5, 5.41) is 33.0. The zero-order chi connectivity index (χ0) is 54.7. The Morgan fingerprint density at radius 1 is 0.934 bits per heavy atom. The van der Waals surface area contributed by atoms with Crippen molar-refractivity contribution in [1.29, 1.82) is 0 Å². The summed E-state index contributed by atoms with van der Waals surface area (Å²) in [6.45, 7) is 9.61. The second-order valence-electron chi connectivity index (χ2n) is 20.5. The van der Waals surface area contributed by atoms with Crippen LogP contribution >= 0.6 is 24.0 Å². The molecule has 5 aliphatic rings. The molecule has 0 radical (unpaired) electrons. The number of halogens is 4. The van der Waals surface area contributed by atoms with Crippen LogP contribution in [0.5, 0.6) is 0 Å². The second kappa shape index (κ2) is 26.3. The number of nitrogens with one attached hydrogen (secondary N) is 1. The third-order valence-electron chi connectivity index (χ3n) is 15.7. The number of Topliss-reactive ketones (excluding diaryl/α,β-unsaturated/α-hetero) is 1. The van der Waals surface area contributed by atoms with Crippen LogP contribution in [-0.4, -0.2) is 124 Å². The monoisotopic (exact) mass is 1090 g/mol. The molecular formula is C59H70Cl2F2N4O9. The Morgan fingerprint density at radius 2 is 1.59 bits per heavy atom. The highest BCUT2D eigenvalue weighted by Gasteiger charge is 2.78. The Bertz CT molecular complexity index is 2760. The highest BCUT2D eigenvalue weighted by atomic mass is 35.5. The first-order chi connectivity index (χ1) is 35.7. The summed E-state index contributed by atoms with van der Waals surface area (Å²) in [6, 6.07) is 31.8. The number of ether oxygens (including phenoxy) is 1. The van der Waals surface area contributed by atoms with E-state index in [0.717, 1.165) is 50.1 Å². The fourth-order valence-corrected chi connectivity index (χ4v) is 12.4. The summed E-state index contributed by atoms with van der Waals surface area (Å²) >= 11 is 5.97. The number of aliphatic hydroxyl groups excluding tert-OH is 1. The number of amidine groups is 1. The average Bonchev–Trinajstić information content (AvgIpc) is 4.09. The van der Waals surface area contributed by atoms with Gasteiger partial charge in [-0.25, -0.2) is 18.4 Å². The third-order valence-corrected chi connectivity index (χ3v) is 16.0. The number of aliphatic imine (C=N–C) groups is 1. The van der Waals surface area contributed by atoms with E-state index < -0.39 is 87.5 Å². The number of aromatic nitrogens is 1. The molecule has 3 saturated carbocycles. The van der Waals surface area contributed by atoms with Crippen LogP contribution in [0, 0.1) is 28.6 Å². The van der Waals surface area contributed by atoms with Crippen LogP contribution in [0.25, 0.3) is 10.8 Å². The number of carboxylic acids is 2. The number of alkyl halides is 3. The summed E-state index contributed by atoms with van der Waals surface area (Å²) in [5.74, 6) is -4.85. The molecule has 9 rings (SSSR count). The van der Waals surface area contributed by atoms with E-state index in [1.54, 1.807) is 20.8 Å². The van der Waals surface area contributed by atoms with E-state index in [-0.39, 0.29) is 37.2 Å². The molecule has 2 unspecified atom stereocenters. The average molecular weight is 1090 g/mol. The molecular weight excluding hydrogens is 1020 g/mol. The van der Waals surface area contributed by atoms with Gasteiger partial charge in [0.05, 0.1) is 18.5 Å². The van der Waals surface area contributed by atoms with Crippen molar-refractivity contribution in [2.45, 2.75) is 95.7 Å². The van der Waals surface area contributed by atoms with Gasteiger partial charge in [0, 0.05) is 72.0 Å². The number of carbonyl (C=O) groups excluding carboxylic acids is 3. The molecule has 0 bridgehead atoms. The van der Waals surface area contributed by atoms with Gasteiger partial charge in [-0.3, -0.25) is 24.4 Å². The lowest BCUT2D eigenvalue weighted by atomic mass is 9.44. The highest BCUT2D eigenvalue weighted by Crippen LogP contribution is 2.71. The van der Waals surface area contributed by atoms with E-state index in [1.165, 1.54) is 41.0 Å². The number of benzene rings is 3. The molecule has 1 aliphatic heterocycles. The van der Waals surface area contributed by atoms with Crippen molar-refractivity contribution in [2.75, 3.05) is 39.6 Å². The maximum absolute atomic E-state index is 17.2. The third kappa shape index (κ3) is 12.8. The van der Waals surface area contributed by atoms with Gasteiger partial charge in [0.25, 0.3) is 0 Å². The number of aliphatic hydroxyl groups is 1. The van der Waals surface area contributed by atoms with Crippen LogP contribution in [0.15, 0.2) is 138 Å². The Morgan fingerprint density at radius 3 is 2.20 bits per heavy atom.